The number of rotatable bonds is 6. The van der Waals surface area contributed by atoms with Crippen molar-refractivity contribution in [2.24, 2.45) is 5.92 Å². The fourth-order valence-electron chi connectivity index (χ4n) is 2.84. The molecule has 0 bridgehead atoms. The summed E-state index contributed by atoms with van der Waals surface area (Å²) in [6, 6.07) is 11.1. The van der Waals surface area contributed by atoms with Gasteiger partial charge in [-0.25, -0.2) is 0 Å². The molecule has 1 aliphatic rings. The Hall–Kier alpha value is -2.81. The molecular formula is C20H16Cl3N3O5. The number of hydrogen-bond acceptors (Lipinski definition) is 5. The van der Waals surface area contributed by atoms with Crippen LogP contribution in [0.3, 0.4) is 0 Å². The van der Waals surface area contributed by atoms with Crippen molar-refractivity contribution in [3.05, 3.63) is 63.1 Å². The van der Waals surface area contributed by atoms with Crippen molar-refractivity contribution < 1.29 is 23.9 Å². The molecule has 3 amide bonds. The number of nitrogens with one attached hydrogen (secondary N) is 2. The number of halogens is 3. The van der Waals surface area contributed by atoms with Gasteiger partial charge in [0.15, 0.2) is 6.61 Å². The Balaban J connectivity index is 1.51. The first-order valence-corrected chi connectivity index (χ1v) is 10.2. The predicted molar refractivity (Wildman–Crippen MR) is 115 cm³/mol. The molecule has 2 aromatic rings. The Morgan fingerprint density at radius 2 is 1.74 bits per heavy atom. The summed E-state index contributed by atoms with van der Waals surface area (Å²) in [6.45, 7) is -0.659. The van der Waals surface area contributed by atoms with Gasteiger partial charge in [-0.1, -0.05) is 53.0 Å². The summed E-state index contributed by atoms with van der Waals surface area (Å²) in [5.41, 5.74) is 2.90. The highest BCUT2D eigenvalue weighted by atomic mass is 35.5. The van der Waals surface area contributed by atoms with Gasteiger partial charge in [0.2, 0.25) is 5.91 Å². The quantitative estimate of drug-likeness (QED) is 0.612. The van der Waals surface area contributed by atoms with Gasteiger partial charge in [-0.2, -0.15) is 0 Å². The van der Waals surface area contributed by atoms with E-state index in [-0.39, 0.29) is 39.3 Å². The zero-order chi connectivity index (χ0) is 22.5. The Morgan fingerprint density at radius 3 is 2.48 bits per heavy atom. The molecule has 1 heterocycles. The normalized spacial score (nSPS) is 15.5. The average molecular weight is 485 g/mol. The molecule has 1 saturated heterocycles. The van der Waals surface area contributed by atoms with Crippen LogP contribution in [0.25, 0.3) is 0 Å². The highest BCUT2D eigenvalue weighted by Crippen LogP contribution is 2.29. The molecule has 0 radical (unpaired) electrons. The van der Waals surface area contributed by atoms with Gasteiger partial charge in [0.05, 0.1) is 38.8 Å². The standard InChI is InChI=1S/C20H16Cl3N3O5/c21-13-5-2-1-4-12(13)19(29)25-26-9-11(8-17(26)28)20(30)31-10-16(27)24-15-7-3-6-14(22)18(15)23/h1-7,11H,8-10H2,(H,24,27)(H,25,29)/t11-/m1/s1. The molecule has 0 spiro atoms. The summed E-state index contributed by atoms with van der Waals surface area (Å²) in [6.07, 6.45) is -0.163. The number of ether oxygens (including phenoxy) is 1. The second-order valence-electron chi connectivity index (χ2n) is 6.58. The van der Waals surface area contributed by atoms with Crippen LogP contribution in [-0.2, 0) is 19.1 Å². The van der Waals surface area contributed by atoms with Gasteiger partial charge in [0.1, 0.15) is 0 Å². The van der Waals surface area contributed by atoms with E-state index in [2.05, 4.69) is 10.7 Å². The van der Waals surface area contributed by atoms with Crippen molar-refractivity contribution >= 4 is 64.2 Å². The summed E-state index contributed by atoms with van der Waals surface area (Å²) >= 11 is 17.8. The van der Waals surface area contributed by atoms with Crippen LogP contribution in [0.15, 0.2) is 42.5 Å². The molecule has 8 nitrogen and oxygen atoms in total. The largest absolute Gasteiger partial charge is 0.455 e. The van der Waals surface area contributed by atoms with E-state index in [4.69, 9.17) is 39.5 Å². The number of nitrogens with zero attached hydrogens (tertiary/aromatic N) is 1. The number of esters is 1. The molecule has 0 unspecified atom stereocenters. The lowest BCUT2D eigenvalue weighted by atomic mass is 10.1. The van der Waals surface area contributed by atoms with E-state index < -0.39 is 36.2 Å². The van der Waals surface area contributed by atoms with Crippen LogP contribution in [-0.4, -0.2) is 41.9 Å². The third-order valence-electron chi connectivity index (χ3n) is 4.38. The number of anilines is 1. The van der Waals surface area contributed by atoms with Crippen LogP contribution >= 0.6 is 34.8 Å². The van der Waals surface area contributed by atoms with Crippen LogP contribution in [0, 0.1) is 5.92 Å². The third kappa shape index (κ3) is 5.66. The molecule has 11 heteroatoms. The van der Waals surface area contributed by atoms with Gasteiger partial charge in [-0.15, -0.1) is 0 Å². The van der Waals surface area contributed by atoms with Crippen LogP contribution in [0.5, 0.6) is 0 Å². The number of amides is 3. The molecule has 1 fully saturated rings. The van der Waals surface area contributed by atoms with Crippen molar-refractivity contribution in [3.8, 4) is 0 Å². The predicted octanol–water partition coefficient (Wildman–Crippen LogP) is 3.32. The van der Waals surface area contributed by atoms with Gasteiger partial charge in [-0.05, 0) is 24.3 Å². The maximum absolute atomic E-state index is 12.3. The first-order valence-electron chi connectivity index (χ1n) is 9.02. The maximum Gasteiger partial charge on any atom is 0.311 e. The molecule has 1 aliphatic heterocycles. The number of carbonyl (C=O) groups is 4. The van der Waals surface area contributed by atoms with E-state index in [0.29, 0.717) is 0 Å². The highest BCUT2D eigenvalue weighted by molar-refractivity contribution is 6.44. The summed E-state index contributed by atoms with van der Waals surface area (Å²) in [5, 5.41) is 4.17. The topological polar surface area (TPSA) is 105 Å². The minimum atomic E-state index is -0.832. The summed E-state index contributed by atoms with van der Waals surface area (Å²) < 4.78 is 5.00. The van der Waals surface area contributed by atoms with Crippen LogP contribution in [0.1, 0.15) is 16.8 Å². The molecule has 2 N–H and O–H groups in total. The Kier molecular flexibility index (Phi) is 7.37. The van der Waals surface area contributed by atoms with Crippen LogP contribution < -0.4 is 10.7 Å². The van der Waals surface area contributed by atoms with Crippen molar-refractivity contribution in [2.75, 3.05) is 18.5 Å². The fourth-order valence-corrected chi connectivity index (χ4v) is 3.41. The molecule has 3 rings (SSSR count). The molecular weight excluding hydrogens is 469 g/mol. The van der Waals surface area contributed by atoms with Crippen molar-refractivity contribution in [1.82, 2.24) is 10.4 Å². The Bertz CT molecular complexity index is 1050. The van der Waals surface area contributed by atoms with Gasteiger partial charge < -0.3 is 10.1 Å². The summed E-state index contributed by atoms with van der Waals surface area (Å²) in [4.78, 5) is 48.7. The number of benzene rings is 2. The first-order chi connectivity index (χ1) is 14.8. The molecule has 0 aromatic heterocycles. The zero-order valence-corrected chi connectivity index (χ0v) is 18.1. The molecule has 0 aliphatic carbocycles. The zero-order valence-electron chi connectivity index (χ0n) is 15.9. The maximum atomic E-state index is 12.3. The van der Waals surface area contributed by atoms with E-state index in [0.717, 1.165) is 5.01 Å². The van der Waals surface area contributed by atoms with Gasteiger partial charge in [0, 0.05) is 6.42 Å². The Morgan fingerprint density at radius 1 is 1.03 bits per heavy atom. The van der Waals surface area contributed by atoms with Gasteiger partial charge in [-0.3, -0.25) is 29.6 Å². The van der Waals surface area contributed by atoms with Crippen LogP contribution in [0.4, 0.5) is 5.69 Å². The summed E-state index contributed by atoms with van der Waals surface area (Å²) in [7, 11) is 0. The van der Waals surface area contributed by atoms with Crippen molar-refractivity contribution in [1.29, 1.82) is 0 Å². The second kappa shape index (κ2) is 10.00. The van der Waals surface area contributed by atoms with Crippen molar-refractivity contribution in [3.63, 3.8) is 0 Å². The number of hydrogen-bond donors (Lipinski definition) is 2. The van der Waals surface area contributed by atoms with Crippen molar-refractivity contribution in [2.45, 2.75) is 6.42 Å². The smallest absolute Gasteiger partial charge is 0.311 e. The minimum absolute atomic E-state index is 0.0877. The molecule has 0 saturated carbocycles. The van der Waals surface area contributed by atoms with E-state index in [9.17, 15) is 19.2 Å². The first kappa shape index (κ1) is 22.9. The SMILES string of the molecule is O=C(COC(=O)[C@@H]1CC(=O)N(NC(=O)c2ccccc2Cl)C1)Nc1cccc(Cl)c1Cl. The lowest BCUT2D eigenvalue weighted by Crippen LogP contribution is -2.43. The lowest BCUT2D eigenvalue weighted by Gasteiger charge is -2.18. The minimum Gasteiger partial charge on any atom is -0.455 e. The summed E-state index contributed by atoms with van der Waals surface area (Å²) in [5.74, 6) is -3.23. The van der Waals surface area contributed by atoms with Gasteiger partial charge >= 0.3 is 5.97 Å². The second-order valence-corrected chi connectivity index (χ2v) is 7.78. The highest BCUT2D eigenvalue weighted by Gasteiger charge is 2.37. The van der Waals surface area contributed by atoms with E-state index in [1.165, 1.54) is 6.07 Å². The molecule has 162 valence electrons. The molecule has 2 aromatic carbocycles. The number of hydrazine groups is 1. The average Bonchev–Trinajstić information content (AvgIpc) is 3.10. The van der Waals surface area contributed by atoms with E-state index in [1.807, 2.05) is 0 Å². The fraction of sp³-hybridized carbons (Fsp3) is 0.200. The number of carbonyl (C=O) groups excluding carboxylic acids is 4. The molecule has 1 atom stereocenters. The van der Waals surface area contributed by atoms with E-state index in [1.54, 1.807) is 36.4 Å². The Labute approximate surface area is 192 Å². The molecule has 31 heavy (non-hydrogen) atoms. The van der Waals surface area contributed by atoms with Gasteiger partial charge in [0.25, 0.3) is 11.8 Å². The van der Waals surface area contributed by atoms with Crippen LogP contribution in [0.2, 0.25) is 15.1 Å². The van der Waals surface area contributed by atoms with E-state index >= 15 is 0 Å². The lowest BCUT2D eigenvalue weighted by molar-refractivity contribution is -0.151. The third-order valence-corrected chi connectivity index (χ3v) is 5.53. The monoisotopic (exact) mass is 483 g/mol.